The van der Waals surface area contributed by atoms with Crippen molar-refractivity contribution in [2.45, 2.75) is 19.9 Å². The third kappa shape index (κ3) is 4.50. The highest BCUT2D eigenvalue weighted by atomic mass is 19.1. The highest BCUT2D eigenvalue weighted by Crippen LogP contribution is 2.28. The maximum atomic E-state index is 13.8. The third-order valence-electron chi connectivity index (χ3n) is 6.00. The Balaban J connectivity index is 1.40. The number of benzene rings is 2. The molecule has 0 spiro atoms. The van der Waals surface area contributed by atoms with Crippen LogP contribution < -0.4 is 0 Å². The quantitative estimate of drug-likeness (QED) is 0.437. The van der Waals surface area contributed by atoms with Crippen molar-refractivity contribution in [1.82, 2.24) is 24.6 Å². The molecule has 0 aliphatic carbocycles. The predicted molar refractivity (Wildman–Crippen MR) is 129 cm³/mol. The summed E-state index contributed by atoms with van der Waals surface area (Å²) in [6.45, 7) is 2.97. The zero-order chi connectivity index (χ0) is 23.5. The van der Waals surface area contributed by atoms with Crippen LogP contribution in [-0.4, -0.2) is 43.6 Å². The lowest BCUT2D eigenvalue weighted by Gasteiger charge is -2.26. The minimum atomic E-state index is -0.250. The summed E-state index contributed by atoms with van der Waals surface area (Å²) in [6.07, 6.45) is 6.18. The molecule has 2 aromatic carbocycles. The average Bonchev–Trinajstić information content (AvgIpc) is 3.30. The van der Waals surface area contributed by atoms with Gasteiger partial charge < -0.3 is 4.90 Å². The van der Waals surface area contributed by atoms with Crippen LogP contribution in [0.3, 0.4) is 0 Å². The highest BCUT2D eigenvalue weighted by molar-refractivity contribution is 5.79. The van der Waals surface area contributed by atoms with Gasteiger partial charge in [-0.05, 0) is 60.4 Å². The second-order valence-corrected chi connectivity index (χ2v) is 8.29. The zero-order valence-corrected chi connectivity index (χ0v) is 18.9. The van der Waals surface area contributed by atoms with Crippen molar-refractivity contribution in [3.63, 3.8) is 0 Å². The van der Waals surface area contributed by atoms with Crippen LogP contribution in [0.1, 0.15) is 17.8 Å². The highest BCUT2D eigenvalue weighted by Gasteiger charge is 2.21. The van der Waals surface area contributed by atoms with Gasteiger partial charge in [0.1, 0.15) is 12.4 Å². The second kappa shape index (κ2) is 9.39. The normalized spacial score (nSPS) is 13.6. The summed E-state index contributed by atoms with van der Waals surface area (Å²) < 4.78 is 15.5. The van der Waals surface area contributed by atoms with E-state index >= 15 is 0 Å². The summed E-state index contributed by atoms with van der Waals surface area (Å²) in [7, 11) is 0. The van der Waals surface area contributed by atoms with E-state index < -0.39 is 0 Å². The SMILES string of the molecule is Cc1cc(-c2cc(-c3ccccc3)n(CC(=O)N3CC=C(c4ncccn4)CC3)n2)ccc1F. The van der Waals surface area contributed by atoms with Gasteiger partial charge in [-0.1, -0.05) is 36.4 Å². The number of halogens is 1. The standard InChI is InChI=1S/C27H24FN5O/c1-19-16-22(8-9-23(19)28)24-17-25(20-6-3-2-4-7-20)33(31-24)18-26(34)32-14-10-21(11-15-32)27-29-12-5-13-30-27/h2-10,12-13,16-17H,11,14-15,18H2,1H3. The maximum Gasteiger partial charge on any atom is 0.244 e. The lowest BCUT2D eigenvalue weighted by atomic mass is 10.1. The summed E-state index contributed by atoms with van der Waals surface area (Å²) in [5.74, 6) is 0.457. The molecule has 1 amide bonds. The first-order valence-corrected chi connectivity index (χ1v) is 11.2. The lowest BCUT2D eigenvalue weighted by molar-refractivity contribution is -0.131. The molecule has 5 rings (SSSR count). The minimum Gasteiger partial charge on any atom is -0.337 e. The molecule has 1 aliphatic heterocycles. The molecule has 0 saturated heterocycles. The van der Waals surface area contributed by atoms with Crippen molar-refractivity contribution in [2.75, 3.05) is 13.1 Å². The van der Waals surface area contributed by atoms with E-state index in [1.54, 1.807) is 42.2 Å². The Labute approximate surface area is 197 Å². The fraction of sp³-hybridized carbons (Fsp3) is 0.185. The topological polar surface area (TPSA) is 63.9 Å². The number of nitrogens with zero attached hydrogens (tertiary/aromatic N) is 5. The van der Waals surface area contributed by atoms with E-state index in [4.69, 9.17) is 5.10 Å². The smallest absolute Gasteiger partial charge is 0.244 e. The Morgan fingerprint density at radius 1 is 1.00 bits per heavy atom. The molecule has 0 unspecified atom stereocenters. The lowest BCUT2D eigenvalue weighted by Crippen LogP contribution is -2.37. The van der Waals surface area contributed by atoms with Crippen molar-refractivity contribution >= 4 is 11.5 Å². The van der Waals surface area contributed by atoms with E-state index in [0.717, 1.165) is 22.4 Å². The summed E-state index contributed by atoms with van der Waals surface area (Å²) in [6, 6.07) is 18.5. The molecule has 34 heavy (non-hydrogen) atoms. The third-order valence-corrected chi connectivity index (χ3v) is 6.00. The first-order valence-electron chi connectivity index (χ1n) is 11.2. The van der Waals surface area contributed by atoms with Crippen molar-refractivity contribution < 1.29 is 9.18 Å². The first kappa shape index (κ1) is 21.7. The molecule has 1 aliphatic rings. The van der Waals surface area contributed by atoms with Crippen molar-refractivity contribution in [3.8, 4) is 22.5 Å². The van der Waals surface area contributed by atoms with E-state index in [0.29, 0.717) is 36.6 Å². The number of hydrogen-bond donors (Lipinski definition) is 0. The van der Waals surface area contributed by atoms with Crippen LogP contribution in [0.2, 0.25) is 0 Å². The molecule has 170 valence electrons. The van der Waals surface area contributed by atoms with Gasteiger partial charge in [0.05, 0.1) is 11.4 Å². The van der Waals surface area contributed by atoms with Crippen LogP contribution >= 0.6 is 0 Å². The fourth-order valence-corrected chi connectivity index (χ4v) is 4.12. The molecule has 6 nitrogen and oxygen atoms in total. The number of aromatic nitrogens is 4. The number of aryl methyl sites for hydroxylation is 1. The van der Waals surface area contributed by atoms with Crippen LogP contribution in [0.5, 0.6) is 0 Å². The monoisotopic (exact) mass is 453 g/mol. The Hall–Kier alpha value is -4.13. The van der Waals surface area contributed by atoms with Crippen LogP contribution in [0.25, 0.3) is 28.1 Å². The Morgan fingerprint density at radius 2 is 1.79 bits per heavy atom. The van der Waals surface area contributed by atoms with Gasteiger partial charge in [-0.15, -0.1) is 0 Å². The largest absolute Gasteiger partial charge is 0.337 e. The fourth-order valence-electron chi connectivity index (χ4n) is 4.12. The van der Waals surface area contributed by atoms with Crippen molar-refractivity contribution in [3.05, 3.63) is 96.3 Å². The average molecular weight is 454 g/mol. The van der Waals surface area contributed by atoms with Crippen LogP contribution in [0.4, 0.5) is 4.39 Å². The Morgan fingerprint density at radius 3 is 2.50 bits per heavy atom. The van der Waals surface area contributed by atoms with Crippen LogP contribution in [0, 0.1) is 12.7 Å². The van der Waals surface area contributed by atoms with Crippen LogP contribution in [-0.2, 0) is 11.3 Å². The molecule has 3 heterocycles. The molecule has 4 aromatic rings. The minimum absolute atomic E-state index is 0.00796. The number of amides is 1. The first-order chi connectivity index (χ1) is 16.6. The molecule has 0 saturated carbocycles. The number of carbonyl (C=O) groups is 1. The molecule has 0 radical (unpaired) electrons. The van der Waals surface area contributed by atoms with Gasteiger partial charge in [0, 0.05) is 31.0 Å². The predicted octanol–water partition coefficient (Wildman–Crippen LogP) is 4.77. The van der Waals surface area contributed by atoms with Gasteiger partial charge in [-0.25, -0.2) is 14.4 Å². The summed E-state index contributed by atoms with van der Waals surface area (Å²) in [4.78, 5) is 23.6. The summed E-state index contributed by atoms with van der Waals surface area (Å²) in [5.41, 5.74) is 4.95. The molecule has 0 N–H and O–H groups in total. The van der Waals surface area contributed by atoms with Crippen LogP contribution in [0.15, 0.2) is 79.1 Å². The van der Waals surface area contributed by atoms with E-state index in [9.17, 15) is 9.18 Å². The molecular weight excluding hydrogens is 429 g/mol. The molecule has 0 atom stereocenters. The number of hydrogen-bond acceptors (Lipinski definition) is 4. The van der Waals surface area contributed by atoms with E-state index in [2.05, 4.69) is 9.97 Å². The van der Waals surface area contributed by atoms with E-state index in [1.165, 1.54) is 6.07 Å². The van der Waals surface area contributed by atoms with Crippen molar-refractivity contribution in [1.29, 1.82) is 0 Å². The molecule has 0 bridgehead atoms. The number of rotatable bonds is 5. The van der Waals surface area contributed by atoms with Gasteiger partial charge in [0.25, 0.3) is 0 Å². The second-order valence-electron chi connectivity index (χ2n) is 8.29. The summed E-state index contributed by atoms with van der Waals surface area (Å²) >= 11 is 0. The Bertz CT molecular complexity index is 1350. The van der Waals surface area contributed by atoms with Gasteiger partial charge >= 0.3 is 0 Å². The van der Waals surface area contributed by atoms with Gasteiger partial charge in [0.2, 0.25) is 5.91 Å². The molecule has 2 aromatic heterocycles. The Kier molecular flexibility index (Phi) is 5.99. The van der Waals surface area contributed by atoms with E-state index in [1.807, 2.05) is 47.4 Å². The molecule has 0 fully saturated rings. The maximum absolute atomic E-state index is 13.8. The summed E-state index contributed by atoms with van der Waals surface area (Å²) in [5, 5.41) is 4.74. The van der Waals surface area contributed by atoms with Crippen molar-refractivity contribution in [2.24, 2.45) is 0 Å². The number of carbonyl (C=O) groups excluding carboxylic acids is 1. The van der Waals surface area contributed by atoms with Gasteiger partial charge in [-0.3, -0.25) is 9.48 Å². The van der Waals surface area contributed by atoms with Gasteiger partial charge in [0.15, 0.2) is 5.82 Å². The zero-order valence-electron chi connectivity index (χ0n) is 18.9. The molecular formula is C27H24FN5O. The molecule has 7 heteroatoms. The van der Waals surface area contributed by atoms with E-state index in [-0.39, 0.29) is 18.3 Å². The van der Waals surface area contributed by atoms with Gasteiger partial charge in [-0.2, -0.15) is 5.10 Å².